The molecule has 8 heteroatoms. The van der Waals surface area contributed by atoms with Gasteiger partial charge in [0.15, 0.2) is 0 Å². The predicted molar refractivity (Wildman–Crippen MR) is 103 cm³/mol. The Morgan fingerprint density at radius 2 is 2.00 bits per heavy atom. The highest BCUT2D eigenvalue weighted by Crippen LogP contribution is 2.24. The minimum absolute atomic E-state index is 0.143. The number of aromatic nitrogens is 5. The molecular formula is C19H30N6O2. The van der Waals surface area contributed by atoms with Crippen molar-refractivity contribution in [2.45, 2.75) is 65.5 Å². The molecule has 0 aromatic carbocycles. The monoisotopic (exact) mass is 374 g/mol. The molecule has 3 heterocycles. The molecule has 8 nitrogen and oxygen atoms in total. The van der Waals surface area contributed by atoms with Gasteiger partial charge in [-0.2, -0.15) is 5.10 Å². The van der Waals surface area contributed by atoms with Gasteiger partial charge in [0.05, 0.1) is 0 Å². The van der Waals surface area contributed by atoms with E-state index >= 15 is 0 Å². The van der Waals surface area contributed by atoms with Gasteiger partial charge >= 0.3 is 5.69 Å². The molecule has 148 valence electrons. The zero-order valence-corrected chi connectivity index (χ0v) is 16.7. The molecule has 0 saturated carbocycles. The Kier molecular flexibility index (Phi) is 5.82. The second-order valence-corrected chi connectivity index (χ2v) is 7.69. The molecule has 1 atom stereocenters. The number of piperidine rings is 1. The maximum atomic E-state index is 13.0. The lowest BCUT2D eigenvalue weighted by atomic mass is 9.93. The highest BCUT2D eigenvalue weighted by Gasteiger charge is 2.28. The third-order valence-corrected chi connectivity index (χ3v) is 5.54. The first kappa shape index (κ1) is 19.4. The first-order valence-electron chi connectivity index (χ1n) is 9.87. The van der Waals surface area contributed by atoms with E-state index in [4.69, 9.17) is 0 Å². The normalized spacial score (nSPS) is 16.9. The number of hydrogen-bond acceptors (Lipinski definition) is 4. The highest BCUT2D eigenvalue weighted by atomic mass is 16.2. The second-order valence-electron chi connectivity index (χ2n) is 7.69. The Labute approximate surface area is 159 Å². The summed E-state index contributed by atoms with van der Waals surface area (Å²) in [4.78, 5) is 31.0. The molecule has 1 aliphatic heterocycles. The van der Waals surface area contributed by atoms with E-state index in [0.29, 0.717) is 12.5 Å². The number of nitrogens with zero attached hydrogens (tertiary/aromatic N) is 5. The summed E-state index contributed by atoms with van der Waals surface area (Å²) in [6.45, 7) is 10.2. The van der Waals surface area contributed by atoms with Crippen LogP contribution in [0.4, 0.5) is 0 Å². The van der Waals surface area contributed by atoms with Crippen molar-refractivity contribution in [1.29, 1.82) is 0 Å². The summed E-state index contributed by atoms with van der Waals surface area (Å²) in [6, 6.07) is -0.238. The van der Waals surface area contributed by atoms with Crippen LogP contribution in [-0.4, -0.2) is 48.2 Å². The van der Waals surface area contributed by atoms with Gasteiger partial charge in [-0.05, 0) is 32.6 Å². The molecule has 1 fully saturated rings. The van der Waals surface area contributed by atoms with Crippen molar-refractivity contribution in [3.63, 3.8) is 0 Å². The highest BCUT2D eigenvalue weighted by molar-refractivity contribution is 5.80. The summed E-state index contributed by atoms with van der Waals surface area (Å²) in [5.74, 6) is 2.65. The molecular weight excluding hydrogens is 344 g/mol. The first-order chi connectivity index (χ1) is 12.9. The van der Waals surface area contributed by atoms with Gasteiger partial charge in [0.25, 0.3) is 0 Å². The van der Waals surface area contributed by atoms with E-state index in [0.717, 1.165) is 44.0 Å². The van der Waals surface area contributed by atoms with Crippen molar-refractivity contribution in [1.82, 2.24) is 29.2 Å². The molecule has 27 heavy (non-hydrogen) atoms. The zero-order chi connectivity index (χ0) is 19.6. The Morgan fingerprint density at radius 3 is 2.63 bits per heavy atom. The fraction of sp³-hybridized carbons (Fsp3) is 0.684. The predicted octanol–water partition coefficient (Wildman–Crippen LogP) is 1.95. The van der Waals surface area contributed by atoms with Crippen LogP contribution in [0.15, 0.2) is 17.2 Å². The SMILES string of the molecule is CCn1c(CC2CCN(C(=O)[C@@H](C)n3ccnc3C(C)C)CC2)n[nH]c1=O. The van der Waals surface area contributed by atoms with Crippen molar-refractivity contribution >= 4 is 5.91 Å². The van der Waals surface area contributed by atoms with Crippen LogP contribution in [-0.2, 0) is 17.8 Å². The van der Waals surface area contributed by atoms with Crippen LogP contribution in [0.2, 0.25) is 0 Å². The maximum absolute atomic E-state index is 13.0. The van der Waals surface area contributed by atoms with Gasteiger partial charge in [-0.1, -0.05) is 13.8 Å². The van der Waals surface area contributed by atoms with Gasteiger partial charge in [-0.15, -0.1) is 0 Å². The molecule has 0 bridgehead atoms. The van der Waals surface area contributed by atoms with Crippen LogP contribution in [0.3, 0.4) is 0 Å². The number of aromatic amines is 1. The van der Waals surface area contributed by atoms with Gasteiger partial charge in [0.1, 0.15) is 17.7 Å². The Bertz CT molecular complexity index is 825. The molecule has 0 aliphatic carbocycles. The summed E-state index contributed by atoms with van der Waals surface area (Å²) in [7, 11) is 0. The summed E-state index contributed by atoms with van der Waals surface area (Å²) < 4.78 is 3.68. The molecule has 0 unspecified atom stereocenters. The van der Waals surface area contributed by atoms with Crippen molar-refractivity contribution in [2.75, 3.05) is 13.1 Å². The number of amides is 1. The molecule has 3 rings (SSSR count). The van der Waals surface area contributed by atoms with E-state index < -0.39 is 0 Å². The maximum Gasteiger partial charge on any atom is 0.343 e. The van der Waals surface area contributed by atoms with Crippen molar-refractivity contribution < 1.29 is 4.79 Å². The number of hydrogen-bond donors (Lipinski definition) is 1. The van der Waals surface area contributed by atoms with Crippen LogP contribution >= 0.6 is 0 Å². The first-order valence-corrected chi connectivity index (χ1v) is 9.87. The minimum Gasteiger partial charge on any atom is -0.341 e. The van der Waals surface area contributed by atoms with Gasteiger partial charge < -0.3 is 9.47 Å². The number of H-pyrrole nitrogens is 1. The Balaban J connectivity index is 1.59. The Hall–Kier alpha value is -2.38. The number of rotatable bonds is 6. The number of nitrogens with one attached hydrogen (secondary N) is 1. The van der Waals surface area contributed by atoms with Crippen LogP contribution in [0.25, 0.3) is 0 Å². The van der Waals surface area contributed by atoms with Crippen molar-refractivity contribution in [2.24, 2.45) is 5.92 Å². The average molecular weight is 374 g/mol. The number of carbonyl (C=O) groups is 1. The quantitative estimate of drug-likeness (QED) is 0.837. The van der Waals surface area contributed by atoms with E-state index in [2.05, 4.69) is 29.0 Å². The largest absolute Gasteiger partial charge is 0.343 e. The summed E-state index contributed by atoms with van der Waals surface area (Å²) in [5, 5.41) is 6.69. The third-order valence-electron chi connectivity index (χ3n) is 5.54. The smallest absolute Gasteiger partial charge is 0.341 e. The minimum atomic E-state index is -0.238. The molecule has 0 radical (unpaired) electrons. The van der Waals surface area contributed by atoms with E-state index in [1.807, 2.05) is 29.5 Å². The lowest BCUT2D eigenvalue weighted by Crippen LogP contribution is -2.42. The van der Waals surface area contributed by atoms with Gasteiger partial charge in [0, 0.05) is 44.4 Å². The zero-order valence-electron chi connectivity index (χ0n) is 16.7. The van der Waals surface area contributed by atoms with Crippen molar-refractivity contribution in [3.8, 4) is 0 Å². The molecule has 1 N–H and O–H groups in total. The molecule has 1 amide bonds. The van der Waals surface area contributed by atoms with E-state index in [-0.39, 0.29) is 23.6 Å². The van der Waals surface area contributed by atoms with Crippen LogP contribution in [0.1, 0.15) is 64.1 Å². The van der Waals surface area contributed by atoms with E-state index in [9.17, 15) is 9.59 Å². The van der Waals surface area contributed by atoms with Crippen molar-refractivity contribution in [3.05, 3.63) is 34.5 Å². The fourth-order valence-corrected chi connectivity index (χ4v) is 3.93. The summed E-state index contributed by atoms with van der Waals surface area (Å²) in [6.07, 6.45) is 6.31. The van der Waals surface area contributed by atoms with E-state index in [1.165, 1.54) is 0 Å². The van der Waals surface area contributed by atoms with Crippen LogP contribution in [0, 0.1) is 5.92 Å². The second kappa shape index (κ2) is 8.10. The molecule has 1 aliphatic rings. The molecule has 2 aromatic rings. The molecule has 1 saturated heterocycles. The van der Waals surface area contributed by atoms with Crippen LogP contribution < -0.4 is 5.69 Å². The topological polar surface area (TPSA) is 88.8 Å². The number of likely N-dealkylation sites (tertiary alicyclic amines) is 1. The fourth-order valence-electron chi connectivity index (χ4n) is 3.93. The number of imidazole rings is 1. The average Bonchev–Trinajstić information content (AvgIpc) is 3.28. The third kappa shape index (κ3) is 3.99. The van der Waals surface area contributed by atoms with Crippen LogP contribution in [0.5, 0.6) is 0 Å². The lowest BCUT2D eigenvalue weighted by Gasteiger charge is -2.34. The molecule has 0 spiro atoms. The Morgan fingerprint density at radius 1 is 1.30 bits per heavy atom. The number of carbonyl (C=O) groups excluding carboxylic acids is 1. The van der Waals surface area contributed by atoms with Gasteiger partial charge in [-0.25, -0.2) is 14.9 Å². The molecule has 2 aromatic heterocycles. The van der Waals surface area contributed by atoms with E-state index in [1.54, 1.807) is 10.8 Å². The van der Waals surface area contributed by atoms with Gasteiger partial charge in [-0.3, -0.25) is 9.36 Å². The summed E-state index contributed by atoms with van der Waals surface area (Å²) >= 11 is 0. The van der Waals surface area contributed by atoms with Gasteiger partial charge in [0.2, 0.25) is 5.91 Å². The summed E-state index contributed by atoms with van der Waals surface area (Å²) in [5.41, 5.74) is -0.143. The standard InChI is InChI=1S/C19H30N6O2/c1-5-24-16(21-22-19(24)27)12-15-6-9-23(10-7-15)18(26)14(4)25-11-8-20-17(25)13(2)3/h8,11,13-15H,5-7,9-10,12H2,1-4H3,(H,22,27)/t14-/m1/s1. The lowest BCUT2D eigenvalue weighted by molar-refractivity contribution is -0.135.